The van der Waals surface area contributed by atoms with Gasteiger partial charge in [0, 0.05) is 27.2 Å². The summed E-state index contributed by atoms with van der Waals surface area (Å²) in [7, 11) is 3.53. The number of rotatable bonds is 8. The zero-order chi connectivity index (χ0) is 15.8. The van der Waals surface area contributed by atoms with Crippen molar-refractivity contribution in [1.29, 1.82) is 0 Å². The molecule has 0 heterocycles. The zero-order valence-corrected chi connectivity index (χ0v) is 14.2. The third kappa shape index (κ3) is 5.56. The van der Waals surface area contributed by atoms with Gasteiger partial charge in [-0.05, 0) is 37.6 Å². The van der Waals surface area contributed by atoms with Crippen LogP contribution in [-0.4, -0.2) is 44.5 Å². The molecule has 0 aromatic heterocycles. The highest BCUT2D eigenvalue weighted by Crippen LogP contribution is 2.27. The monoisotopic (exact) mass is 311 g/mol. The van der Waals surface area contributed by atoms with E-state index in [1.807, 2.05) is 24.0 Å². The average Bonchev–Trinajstić information content (AvgIpc) is 2.45. The van der Waals surface area contributed by atoms with Crippen molar-refractivity contribution in [3.05, 3.63) is 28.8 Å². The van der Waals surface area contributed by atoms with Crippen LogP contribution in [0.4, 0.5) is 5.69 Å². The topological polar surface area (TPSA) is 35.6 Å². The van der Waals surface area contributed by atoms with Gasteiger partial charge in [-0.15, -0.1) is 0 Å². The molecule has 21 heavy (non-hydrogen) atoms. The number of nitrogens with zero attached hydrogens (tertiary/aromatic N) is 2. The molecule has 1 N–H and O–H groups in total. The molecule has 1 amide bonds. The lowest BCUT2D eigenvalue weighted by Gasteiger charge is -2.25. The molecule has 0 aliphatic carbocycles. The minimum atomic E-state index is 0.0709. The molecule has 0 aliphatic rings. The minimum Gasteiger partial charge on any atom is -0.361 e. The SMILES string of the molecule is CCCNCc1ccc(N(CC)CC(=O)N(C)C)c(Cl)c1. The fourth-order valence-electron chi connectivity index (χ4n) is 2.00. The molecule has 0 saturated carbocycles. The Kier molecular flexibility index (Phi) is 7.54. The van der Waals surface area contributed by atoms with Crippen LogP contribution in [0.25, 0.3) is 0 Å². The Hall–Kier alpha value is -1.26. The van der Waals surface area contributed by atoms with Crippen molar-refractivity contribution in [1.82, 2.24) is 10.2 Å². The lowest BCUT2D eigenvalue weighted by Crippen LogP contribution is -2.36. The molecule has 0 fully saturated rings. The van der Waals surface area contributed by atoms with Gasteiger partial charge in [0.2, 0.25) is 5.91 Å². The smallest absolute Gasteiger partial charge is 0.241 e. The number of likely N-dealkylation sites (N-methyl/N-ethyl adjacent to an activating group) is 2. The first-order valence-electron chi connectivity index (χ1n) is 7.43. The molecule has 5 heteroatoms. The van der Waals surface area contributed by atoms with E-state index in [-0.39, 0.29) is 5.91 Å². The van der Waals surface area contributed by atoms with E-state index < -0.39 is 0 Å². The molecule has 1 aromatic rings. The van der Waals surface area contributed by atoms with E-state index in [9.17, 15) is 4.79 Å². The highest BCUT2D eigenvalue weighted by Gasteiger charge is 2.14. The lowest BCUT2D eigenvalue weighted by molar-refractivity contribution is -0.127. The van der Waals surface area contributed by atoms with Crippen LogP contribution >= 0.6 is 11.6 Å². The maximum absolute atomic E-state index is 11.9. The summed E-state index contributed by atoms with van der Waals surface area (Å²) in [4.78, 5) is 15.5. The van der Waals surface area contributed by atoms with Crippen molar-refractivity contribution in [3.8, 4) is 0 Å². The number of nitrogens with one attached hydrogen (secondary N) is 1. The van der Waals surface area contributed by atoms with Gasteiger partial charge >= 0.3 is 0 Å². The molecule has 0 unspecified atom stereocenters. The predicted molar refractivity (Wildman–Crippen MR) is 90.0 cm³/mol. The predicted octanol–water partition coefficient (Wildman–Crippen LogP) is 2.75. The Morgan fingerprint density at radius 2 is 2.00 bits per heavy atom. The van der Waals surface area contributed by atoms with Gasteiger partial charge in [-0.25, -0.2) is 0 Å². The van der Waals surface area contributed by atoms with Crippen molar-refractivity contribution in [2.45, 2.75) is 26.8 Å². The van der Waals surface area contributed by atoms with E-state index >= 15 is 0 Å². The third-order valence-electron chi connectivity index (χ3n) is 3.32. The molecule has 0 aliphatic heterocycles. The minimum absolute atomic E-state index is 0.0709. The summed E-state index contributed by atoms with van der Waals surface area (Å²) in [5, 5.41) is 4.05. The van der Waals surface area contributed by atoms with Crippen molar-refractivity contribution in [2.24, 2.45) is 0 Å². The van der Waals surface area contributed by atoms with Crippen molar-refractivity contribution in [2.75, 3.05) is 38.6 Å². The standard InChI is InChI=1S/C16H26ClN3O/c1-5-9-18-11-13-7-8-15(14(17)10-13)20(6-2)12-16(21)19(3)4/h7-8,10,18H,5-6,9,11-12H2,1-4H3. The Morgan fingerprint density at radius 3 is 2.52 bits per heavy atom. The number of hydrogen-bond acceptors (Lipinski definition) is 3. The number of carbonyl (C=O) groups excluding carboxylic acids is 1. The summed E-state index contributed by atoms with van der Waals surface area (Å²) in [6.07, 6.45) is 1.11. The Bertz CT molecular complexity index is 463. The highest BCUT2D eigenvalue weighted by molar-refractivity contribution is 6.33. The molecule has 118 valence electrons. The van der Waals surface area contributed by atoms with Crippen molar-refractivity contribution in [3.63, 3.8) is 0 Å². The molecule has 0 radical (unpaired) electrons. The first-order chi connectivity index (χ1) is 9.99. The summed E-state index contributed by atoms with van der Waals surface area (Å²) in [5.74, 6) is 0.0709. The van der Waals surface area contributed by atoms with Crippen LogP contribution < -0.4 is 10.2 Å². The molecular formula is C16H26ClN3O. The van der Waals surface area contributed by atoms with Crippen LogP contribution in [-0.2, 0) is 11.3 Å². The fraction of sp³-hybridized carbons (Fsp3) is 0.562. The number of carbonyl (C=O) groups is 1. The van der Waals surface area contributed by atoms with Crippen LogP contribution in [0.1, 0.15) is 25.8 Å². The van der Waals surface area contributed by atoms with E-state index in [1.165, 1.54) is 0 Å². The first kappa shape index (κ1) is 17.8. The van der Waals surface area contributed by atoms with Crippen LogP contribution in [0.15, 0.2) is 18.2 Å². The summed E-state index contributed by atoms with van der Waals surface area (Å²) in [6.45, 7) is 7.07. The first-order valence-corrected chi connectivity index (χ1v) is 7.81. The zero-order valence-electron chi connectivity index (χ0n) is 13.4. The van der Waals surface area contributed by atoms with E-state index in [0.29, 0.717) is 11.6 Å². The van der Waals surface area contributed by atoms with Crippen LogP contribution in [0.2, 0.25) is 5.02 Å². The van der Waals surface area contributed by atoms with Gasteiger partial charge in [0.25, 0.3) is 0 Å². The van der Waals surface area contributed by atoms with Crippen molar-refractivity contribution >= 4 is 23.2 Å². The molecule has 0 spiro atoms. The number of hydrogen-bond donors (Lipinski definition) is 1. The van der Waals surface area contributed by atoms with E-state index in [1.54, 1.807) is 19.0 Å². The molecule has 0 saturated heterocycles. The lowest BCUT2D eigenvalue weighted by atomic mass is 10.2. The largest absolute Gasteiger partial charge is 0.361 e. The van der Waals surface area contributed by atoms with E-state index in [0.717, 1.165) is 37.3 Å². The Labute approximate surface area is 133 Å². The molecule has 1 rings (SSSR count). The summed E-state index contributed by atoms with van der Waals surface area (Å²) >= 11 is 6.38. The fourth-order valence-corrected chi connectivity index (χ4v) is 2.32. The van der Waals surface area contributed by atoms with Gasteiger partial charge in [-0.2, -0.15) is 0 Å². The Balaban J connectivity index is 2.78. The van der Waals surface area contributed by atoms with Gasteiger partial charge in [-0.1, -0.05) is 24.6 Å². The summed E-state index contributed by atoms with van der Waals surface area (Å²) in [5.41, 5.74) is 2.07. The number of benzene rings is 1. The molecule has 0 atom stereocenters. The van der Waals surface area contributed by atoms with Gasteiger partial charge in [0.1, 0.15) is 0 Å². The number of anilines is 1. The molecule has 0 bridgehead atoms. The summed E-state index contributed by atoms with van der Waals surface area (Å²) in [6, 6.07) is 6.03. The maximum atomic E-state index is 11.9. The second-order valence-electron chi connectivity index (χ2n) is 5.26. The molecule has 1 aromatic carbocycles. The second kappa shape index (κ2) is 8.90. The second-order valence-corrected chi connectivity index (χ2v) is 5.67. The highest BCUT2D eigenvalue weighted by atomic mass is 35.5. The van der Waals surface area contributed by atoms with Gasteiger partial charge < -0.3 is 15.1 Å². The van der Waals surface area contributed by atoms with Gasteiger partial charge in [-0.3, -0.25) is 4.79 Å². The van der Waals surface area contributed by atoms with Crippen molar-refractivity contribution < 1.29 is 4.79 Å². The van der Waals surface area contributed by atoms with Crippen LogP contribution in [0, 0.1) is 0 Å². The third-order valence-corrected chi connectivity index (χ3v) is 3.62. The molecule has 4 nitrogen and oxygen atoms in total. The van der Waals surface area contributed by atoms with Crippen LogP contribution in [0.3, 0.4) is 0 Å². The van der Waals surface area contributed by atoms with E-state index in [4.69, 9.17) is 11.6 Å². The molecular weight excluding hydrogens is 286 g/mol. The van der Waals surface area contributed by atoms with Crippen LogP contribution in [0.5, 0.6) is 0 Å². The van der Waals surface area contributed by atoms with Gasteiger partial charge in [0.15, 0.2) is 0 Å². The van der Waals surface area contributed by atoms with Gasteiger partial charge in [0.05, 0.1) is 17.3 Å². The Morgan fingerprint density at radius 1 is 1.29 bits per heavy atom. The number of amides is 1. The normalized spacial score (nSPS) is 10.5. The number of halogens is 1. The maximum Gasteiger partial charge on any atom is 0.241 e. The average molecular weight is 312 g/mol. The summed E-state index contributed by atoms with van der Waals surface area (Å²) < 4.78 is 0. The van der Waals surface area contributed by atoms with E-state index in [2.05, 4.69) is 18.3 Å². The quantitative estimate of drug-likeness (QED) is 0.750.